The quantitative estimate of drug-likeness (QED) is 0.517. The van der Waals surface area contributed by atoms with Crippen molar-refractivity contribution in [3.8, 4) is 0 Å². The van der Waals surface area contributed by atoms with Gasteiger partial charge < -0.3 is 0 Å². The number of halogens is 1. The van der Waals surface area contributed by atoms with Crippen LogP contribution in [-0.4, -0.2) is 4.98 Å². The average molecular weight is 127 g/mol. The van der Waals surface area contributed by atoms with Crippen LogP contribution in [0.1, 0.15) is 5.69 Å². The van der Waals surface area contributed by atoms with Crippen molar-refractivity contribution in [2.75, 3.05) is 0 Å². The van der Waals surface area contributed by atoms with E-state index in [9.17, 15) is 0 Å². The molecule has 1 heterocycles. The van der Waals surface area contributed by atoms with Crippen LogP contribution < -0.4 is 0 Å². The Morgan fingerprint density at radius 2 is 2.50 bits per heavy atom. The third kappa shape index (κ3) is 0.984. The average Bonchev–Trinajstić information content (AvgIpc) is 1.77. The minimum atomic E-state index is 0.604. The Morgan fingerprint density at radius 1 is 1.75 bits per heavy atom. The van der Waals surface area contributed by atoms with E-state index in [1.807, 2.05) is 6.92 Å². The van der Waals surface area contributed by atoms with Crippen molar-refractivity contribution in [2.45, 2.75) is 6.92 Å². The highest BCUT2D eigenvalue weighted by Crippen LogP contribution is 2.08. The molecular formula is C6H5ClN. The van der Waals surface area contributed by atoms with E-state index in [1.165, 1.54) is 0 Å². The molecule has 1 aromatic heterocycles. The number of nitrogens with zero attached hydrogens (tertiary/aromatic N) is 1. The smallest absolute Gasteiger partial charge is 0.0697 e. The summed E-state index contributed by atoms with van der Waals surface area (Å²) in [7, 11) is 0. The predicted molar refractivity (Wildman–Crippen MR) is 32.8 cm³/mol. The molecule has 1 aromatic rings. The summed E-state index contributed by atoms with van der Waals surface area (Å²) in [6.45, 7) is 1.85. The third-order valence-corrected chi connectivity index (χ3v) is 1.25. The van der Waals surface area contributed by atoms with Crippen LogP contribution in [0.4, 0.5) is 0 Å². The van der Waals surface area contributed by atoms with Gasteiger partial charge in [0.25, 0.3) is 0 Å². The molecule has 1 radical (unpaired) electrons. The fourth-order valence-corrected chi connectivity index (χ4v) is 0.532. The van der Waals surface area contributed by atoms with Crippen molar-refractivity contribution >= 4 is 11.6 Å². The van der Waals surface area contributed by atoms with Crippen molar-refractivity contribution in [1.82, 2.24) is 4.98 Å². The van der Waals surface area contributed by atoms with Crippen LogP contribution in [0.2, 0.25) is 5.02 Å². The van der Waals surface area contributed by atoms with Gasteiger partial charge in [0, 0.05) is 12.3 Å². The summed E-state index contributed by atoms with van der Waals surface area (Å²) < 4.78 is 0. The zero-order valence-electron chi connectivity index (χ0n) is 4.48. The van der Waals surface area contributed by atoms with Gasteiger partial charge >= 0.3 is 0 Å². The van der Waals surface area contributed by atoms with Crippen molar-refractivity contribution in [3.63, 3.8) is 0 Å². The minimum Gasteiger partial charge on any atom is -0.260 e. The first-order valence-corrected chi connectivity index (χ1v) is 2.67. The van der Waals surface area contributed by atoms with E-state index in [0.29, 0.717) is 5.02 Å². The number of pyridine rings is 1. The minimum absolute atomic E-state index is 0.604. The molecule has 0 fully saturated rings. The first-order chi connectivity index (χ1) is 3.80. The molecule has 0 aromatic carbocycles. The molecule has 2 heteroatoms. The van der Waals surface area contributed by atoms with Gasteiger partial charge in [-0.25, -0.2) is 0 Å². The van der Waals surface area contributed by atoms with Gasteiger partial charge in [0.05, 0.1) is 10.7 Å². The van der Waals surface area contributed by atoms with Crippen molar-refractivity contribution in [1.29, 1.82) is 0 Å². The Hall–Kier alpha value is -0.560. The maximum Gasteiger partial charge on any atom is 0.0697 e. The fraction of sp³-hybridized carbons (Fsp3) is 0.167. The second-order valence-electron chi connectivity index (χ2n) is 1.49. The van der Waals surface area contributed by atoms with Gasteiger partial charge in [-0.15, -0.1) is 0 Å². The zero-order valence-corrected chi connectivity index (χ0v) is 5.24. The molecule has 0 bridgehead atoms. The molecule has 0 N–H and O–H groups in total. The van der Waals surface area contributed by atoms with Crippen LogP contribution in [0.15, 0.2) is 12.3 Å². The highest BCUT2D eigenvalue weighted by Gasteiger charge is 1.89. The maximum atomic E-state index is 5.59. The van der Waals surface area contributed by atoms with Crippen molar-refractivity contribution in [3.05, 3.63) is 29.0 Å². The number of aryl methyl sites for hydroxylation is 1. The molecule has 8 heavy (non-hydrogen) atoms. The van der Waals surface area contributed by atoms with Gasteiger partial charge in [-0.1, -0.05) is 11.6 Å². The van der Waals surface area contributed by atoms with Crippen LogP contribution in [0.5, 0.6) is 0 Å². The molecule has 0 saturated carbocycles. The first-order valence-electron chi connectivity index (χ1n) is 2.29. The lowest BCUT2D eigenvalue weighted by atomic mass is 10.4. The Kier molecular flexibility index (Phi) is 1.49. The van der Waals surface area contributed by atoms with E-state index in [0.717, 1.165) is 5.69 Å². The molecule has 0 atom stereocenters. The summed E-state index contributed by atoms with van der Waals surface area (Å²) in [6, 6.07) is 4.49. The highest BCUT2D eigenvalue weighted by atomic mass is 35.5. The van der Waals surface area contributed by atoms with Gasteiger partial charge in [-0.05, 0) is 13.0 Å². The normalized spacial score (nSPS) is 9.25. The van der Waals surface area contributed by atoms with Crippen molar-refractivity contribution in [2.24, 2.45) is 0 Å². The molecule has 0 aliphatic heterocycles. The zero-order chi connectivity index (χ0) is 5.98. The van der Waals surface area contributed by atoms with Crippen LogP contribution in [0.3, 0.4) is 0 Å². The van der Waals surface area contributed by atoms with E-state index in [1.54, 1.807) is 12.3 Å². The number of hydrogen-bond donors (Lipinski definition) is 0. The Bertz CT molecular complexity index is 165. The SMILES string of the molecule is Cc1ncc[c]c1Cl. The van der Waals surface area contributed by atoms with Crippen LogP contribution in [-0.2, 0) is 0 Å². The molecular weight excluding hydrogens is 122 g/mol. The summed E-state index contributed by atoms with van der Waals surface area (Å²) in [6.07, 6.45) is 1.67. The molecule has 41 valence electrons. The van der Waals surface area contributed by atoms with Gasteiger partial charge in [0.1, 0.15) is 0 Å². The molecule has 0 aliphatic carbocycles. The lowest BCUT2D eigenvalue weighted by Crippen LogP contribution is -1.77. The Labute approximate surface area is 53.3 Å². The summed E-state index contributed by atoms with van der Waals surface area (Å²) >= 11 is 5.59. The number of rotatable bonds is 0. The topological polar surface area (TPSA) is 12.9 Å². The largest absolute Gasteiger partial charge is 0.260 e. The second kappa shape index (κ2) is 2.14. The maximum absolute atomic E-state index is 5.59. The molecule has 0 amide bonds. The molecule has 0 spiro atoms. The summed E-state index contributed by atoms with van der Waals surface area (Å²) in [5, 5.41) is 0.604. The lowest BCUT2D eigenvalue weighted by Gasteiger charge is -1.89. The lowest BCUT2D eigenvalue weighted by molar-refractivity contribution is 1.20. The van der Waals surface area contributed by atoms with Crippen LogP contribution in [0.25, 0.3) is 0 Å². The monoisotopic (exact) mass is 126 g/mol. The summed E-state index contributed by atoms with van der Waals surface area (Å²) in [4.78, 5) is 3.92. The first kappa shape index (κ1) is 5.57. The van der Waals surface area contributed by atoms with Gasteiger partial charge in [-0.3, -0.25) is 4.98 Å². The molecule has 1 nitrogen and oxygen atoms in total. The molecule has 0 saturated heterocycles. The van der Waals surface area contributed by atoms with E-state index in [-0.39, 0.29) is 0 Å². The molecule has 0 aliphatic rings. The van der Waals surface area contributed by atoms with E-state index >= 15 is 0 Å². The molecule has 1 rings (SSSR count). The molecule has 0 unspecified atom stereocenters. The Morgan fingerprint density at radius 3 is 2.88 bits per heavy atom. The van der Waals surface area contributed by atoms with Crippen LogP contribution >= 0.6 is 11.6 Å². The number of hydrogen-bond acceptors (Lipinski definition) is 1. The van der Waals surface area contributed by atoms with Gasteiger partial charge in [-0.2, -0.15) is 0 Å². The van der Waals surface area contributed by atoms with Gasteiger partial charge in [0.2, 0.25) is 0 Å². The highest BCUT2D eigenvalue weighted by molar-refractivity contribution is 6.30. The number of aromatic nitrogens is 1. The summed E-state index contributed by atoms with van der Waals surface area (Å²) in [5.74, 6) is 0. The van der Waals surface area contributed by atoms with Crippen LogP contribution in [0, 0.1) is 13.0 Å². The second-order valence-corrected chi connectivity index (χ2v) is 1.87. The van der Waals surface area contributed by atoms with E-state index in [4.69, 9.17) is 11.6 Å². The third-order valence-electron chi connectivity index (χ3n) is 0.870. The van der Waals surface area contributed by atoms with E-state index in [2.05, 4.69) is 11.1 Å². The van der Waals surface area contributed by atoms with Crippen molar-refractivity contribution < 1.29 is 0 Å². The Balaban J connectivity index is 3.13. The van der Waals surface area contributed by atoms with Gasteiger partial charge in [0.15, 0.2) is 0 Å². The van der Waals surface area contributed by atoms with E-state index < -0.39 is 0 Å². The summed E-state index contributed by atoms with van der Waals surface area (Å²) in [5.41, 5.74) is 0.828. The predicted octanol–water partition coefficient (Wildman–Crippen LogP) is 1.84. The standard InChI is InChI=1S/C6H5ClN/c1-5-6(7)3-2-4-8-5/h2,4H,1H3. The fourth-order valence-electron chi connectivity index (χ4n) is 0.421.